The monoisotopic (exact) mass is 423 g/mol. The lowest BCUT2D eigenvalue weighted by molar-refractivity contribution is -0.118. The van der Waals surface area contributed by atoms with Gasteiger partial charge in [0.2, 0.25) is 5.91 Å². The molecule has 0 saturated carbocycles. The number of carbonyl (C=O) groups excluding carboxylic acids is 1. The molecule has 1 atom stereocenters. The van der Waals surface area contributed by atoms with Crippen LogP contribution in [0.5, 0.6) is 0 Å². The van der Waals surface area contributed by atoms with Crippen molar-refractivity contribution >= 4 is 44.9 Å². The maximum atomic E-state index is 12.2. The molecule has 5 rings (SSSR count). The second-order valence-electron chi connectivity index (χ2n) is 7.50. The smallest absolute Gasteiger partial charge is 0.230 e. The summed E-state index contributed by atoms with van der Waals surface area (Å²) in [4.78, 5) is 19.4. The van der Waals surface area contributed by atoms with Gasteiger partial charge in [0, 0.05) is 11.4 Å². The largest absolute Gasteiger partial charge is 0.351 e. The van der Waals surface area contributed by atoms with E-state index in [9.17, 15) is 4.79 Å². The number of nitrogens with zero attached hydrogens (tertiary/aromatic N) is 4. The molecule has 3 heterocycles. The van der Waals surface area contributed by atoms with Crippen molar-refractivity contribution in [1.82, 2.24) is 24.9 Å². The number of fused-ring (bicyclic) bond motifs is 5. The first-order valence-electron chi connectivity index (χ1n) is 9.76. The number of thioether (sulfide) groups is 1. The Morgan fingerprint density at radius 3 is 3.03 bits per heavy atom. The Balaban J connectivity index is 1.33. The third-order valence-electron chi connectivity index (χ3n) is 5.34. The minimum Gasteiger partial charge on any atom is -0.351 e. The minimum atomic E-state index is -0.0217. The number of carbonyl (C=O) groups is 1. The number of thiophene rings is 1. The number of hydrogen-bond acceptors (Lipinski definition) is 6. The van der Waals surface area contributed by atoms with Crippen LogP contribution in [0.25, 0.3) is 15.9 Å². The first-order valence-corrected chi connectivity index (χ1v) is 11.6. The van der Waals surface area contributed by atoms with Crippen LogP contribution < -0.4 is 5.32 Å². The molecule has 1 aliphatic carbocycles. The van der Waals surface area contributed by atoms with E-state index in [-0.39, 0.29) is 5.91 Å². The van der Waals surface area contributed by atoms with Crippen LogP contribution in [0.2, 0.25) is 0 Å². The van der Waals surface area contributed by atoms with E-state index in [1.807, 2.05) is 34.7 Å². The molecule has 1 aliphatic rings. The number of nitrogens with one attached hydrogen (secondary N) is 1. The van der Waals surface area contributed by atoms with Crippen molar-refractivity contribution in [3.8, 4) is 0 Å². The summed E-state index contributed by atoms with van der Waals surface area (Å²) in [7, 11) is 0. The van der Waals surface area contributed by atoms with Gasteiger partial charge in [-0.2, -0.15) is 0 Å². The van der Waals surface area contributed by atoms with Gasteiger partial charge in [0.1, 0.15) is 11.2 Å². The van der Waals surface area contributed by atoms with Gasteiger partial charge in [-0.3, -0.25) is 9.20 Å². The summed E-state index contributed by atoms with van der Waals surface area (Å²) in [5.41, 5.74) is 3.34. The van der Waals surface area contributed by atoms with E-state index in [0.717, 1.165) is 40.2 Å². The summed E-state index contributed by atoms with van der Waals surface area (Å²) in [6, 6.07) is 9.90. The highest BCUT2D eigenvalue weighted by atomic mass is 32.2. The number of aryl methyl sites for hydroxylation is 1. The lowest BCUT2D eigenvalue weighted by Crippen LogP contribution is -2.24. The van der Waals surface area contributed by atoms with Crippen molar-refractivity contribution in [2.24, 2.45) is 5.92 Å². The maximum Gasteiger partial charge on any atom is 0.230 e. The van der Waals surface area contributed by atoms with Gasteiger partial charge < -0.3 is 5.32 Å². The first-order chi connectivity index (χ1) is 14.2. The quantitative estimate of drug-likeness (QED) is 0.493. The third-order valence-corrected chi connectivity index (χ3v) is 7.44. The first kappa shape index (κ1) is 18.6. The Labute approximate surface area is 176 Å². The van der Waals surface area contributed by atoms with Crippen molar-refractivity contribution in [3.63, 3.8) is 0 Å². The summed E-state index contributed by atoms with van der Waals surface area (Å²) < 4.78 is 1.92. The molecular weight excluding hydrogens is 402 g/mol. The van der Waals surface area contributed by atoms with Gasteiger partial charge in [-0.15, -0.1) is 21.5 Å². The molecule has 0 bridgehead atoms. The van der Waals surface area contributed by atoms with E-state index in [4.69, 9.17) is 0 Å². The number of aromatic nitrogens is 4. The zero-order chi connectivity index (χ0) is 19.8. The van der Waals surface area contributed by atoms with Gasteiger partial charge in [-0.25, -0.2) is 4.98 Å². The number of benzene rings is 1. The van der Waals surface area contributed by atoms with E-state index >= 15 is 0 Å². The molecule has 148 valence electrons. The molecule has 1 aromatic carbocycles. The summed E-state index contributed by atoms with van der Waals surface area (Å²) in [5, 5.41) is 13.6. The molecule has 0 aliphatic heterocycles. The Morgan fingerprint density at radius 1 is 1.31 bits per heavy atom. The summed E-state index contributed by atoms with van der Waals surface area (Å²) >= 11 is 3.18. The lowest BCUT2D eigenvalue weighted by Gasteiger charge is -2.17. The van der Waals surface area contributed by atoms with Gasteiger partial charge in [0.25, 0.3) is 0 Å². The normalized spacial score (nSPS) is 16.2. The van der Waals surface area contributed by atoms with Gasteiger partial charge in [0.05, 0.1) is 11.1 Å². The fraction of sp³-hybridized carbons (Fsp3) is 0.333. The molecule has 1 N–H and O–H groups in total. The van der Waals surface area contributed by atoms with Crippen LogP contribution in [0.15, 0.2) is 41.8 Å². The van der Waals surface area contributed by atoms with E-state index in [2.05, 4.69) is 27.4 Å². The second-order valence-corrected chi connectivity index (χ2v) is 9.53. The van der Waals surface area contributed by atoms with Crippen molar-refractivity contribution in [3.05, 3.63) is 52.7 Å². The molecule has 29 heavy (non-hydrogen) atoms. The van der Waals surface area contributed by atoms with Crippen LogP contribution in [-0.4, -0.2) is 31.2 Å². The second kappa shape index (κ2) is 7.76. The van der Waals surface area contributed by atoms with Crippen molar-refractivity contribution in [1.29, 1.82) is 0 Å². The summed E-state index contributed by atoms with van der Waals surface area (Å²) in [6.45, 7) is 2.84. The van der Waals surface area contributed by atoms with Crippen LogP contribution in [0.4, 0.5) is 0 Å². The number of hydrogen-bond donors (Lipinski definition) is 1. The van der Waals surface area contributed by atoms with E-state index < -0.39 is 0 Å². The highest BCUT2D eigenvalue weighted by Crippen LogP contribution is 2.39. The lowest BCUT2D eigenvalue weighted by atomic mass is 9.89. The molecule has 0 radical (unpaired) electrons. The maximum absolute atomic E-state index is 12.2. The fourth-order valence-electron chi connectivity index (χ4n) is 3.80. The fourth-order valence-corrected chi connectivity index (χ4v) is 5.87. The predicted octanol–water partition coefficient (Wildman–Crippen LogP) is 3.87. The molecule has 0 saturated heterocycles. The Kier molecular flexibility index (Phi) is 4.97. The van der Waals surface area contributed by atoms with Crippen LogP contribution in [0.3, 0.4) is 0 Å². The molecule has 4 aromatic rings. The molecule has 0 fully saturated rings. The van der Waals surface area contributed by atoms with Crippen molar-refractivity contribution in [2.75, 3.05) is 5.75 Å². The van der Waals surface area contributed by atoms with Crippen LogP contribution in [0.1, 0.15) is 29.3 Å². The van der Waals surface area contributed by atoms with E-state index in [0.29, 0.717) is 17.5 Å². The molecular formula is C21H21N5OS2. The van der Waals surface area contributed by atoms with Crippen LogP contribution >= 0.6 is 23.1 Å². The Morgan fingerprint density at radius 2 is 2.17 bits per heavy atom. The highest BCUT2D eigenvalue weighted by Gasteiger charge is 2.24. The average molecular weight is 424 g/mol. The Bertz CT molecular complexity index is 1180. The predicted molar refractivity (Wildman–Crippen MR) is 116 cm³/mol. The van der Waals surface area contributed by atoms with Gasteiger partial charge >= 0.3 is 0 Å². The molecule has 6 nitrogen and oxygen atoms in total. The third kappa shape index (κ3) is 3.62. The molecule has 1 amide bonds. The SMILES string of the molecule is CC1CCc2c(sc3ncn4c(SCC(=O)NCc5ccccc5)nnc4c23)C1. The van der Waals surface area contributed by atoms with Crippen LogP contribution in [-0.2, 0) is 24.2 Å². The van der Waals surface area contributed by atoms with E-state index in [1.165, 1.54) is 28.6 Å². The van der Waals surface area contributed by atoms with Crippen molar-refractivity contribution < 1.29 is 4.79 Å². The topological polar surface area (TPSA) is 72.2 Å². The standard InChI is InChI=1S/C21H21N5OS2/c1-13-7-8-15-16(9-13)29-20-18(15)19-24-25-21(26(19)12-23-20)28-11-17(27)22-10-14-5-3-2-4-6-14/h2-6,12-13H,7-11H2,1H3,(H,22,27). The molecule has 3 aromatic heterocycles. The highest BCUT2D eigenvalue weighted by molar-refractivity contribution is 7.99. The van der Waals surface area contributed by atoms with Gasteiger partial charge in [-0.05, 0) is 36.3 Å². The minimum absolute atomic E-state index is 0.0217. The Hall–Kier alpha value is -2.45. The molecule has 1 unspecified atom stereocenters. The van der Waals surface area contributed by atoms with E-state index in [1.54, 1.807) is 17.7 Å². The van der Waals surface area contributed by atoms with Crippen molar-refractivity contribution in [2.45, 2.75) is 37.9 Å². The summed E-state index contributed by atoms with van der Waals surface area (Å²) in [6.07, 6.45) is 5.19. The number of amides is 1. The molecule has 8 heteroatoms. The average Bonchev–Trinajstić information content (AvgIpc) is 3.31. The zero-order valence-electron chi connectivity index (χ0n) is 16.1. The van der Waals surface area contributed by atoms with Gasteiger partial charge in [-0.1, -0.05) is 49.0 Å². The zero-order valence-corrected chi connectivity index (χ0v) is 17.7. The van der Waals surface area contributed by atoms with Gasteiger partial charge in [0.15, 0.2) is 10.8 Å². The number of rotatable bonds is 5. The molecule has 0 spiro atoms. The summed E-state index contributed by atoms with van der Waals surface area (Å²) in [5.74, 6) is 1.00. The van der Waals surface area contributed by atoms with Crippen LogP contribution in [0, 0.1) is 5.92 Å².